The Morgan fingerprint density at radius 1 is 1.50 bits per heavy atom. The third-order valence-corrected chi connectivity index (χ3v) is 4.20. The zero-order valence-electron chi connectivity index (χ0n) is 8.08. The number of morpholine rings is 1. The van der Waals surface area contributed by atoms with Crippen LogP contribution in [0.25, 0.3) is 0 Å². The predicted molar refractivity (Wildman–Crippen MR) is 52.0 cm³/mol. The normalized spacial score (nSPS) is 23.5. The second-order valence-electron chi connectivity index (χ2n) is 3.17. The molecular formula is C8H19NO2Si. The van der Waals surface area contributed by atoms with Gasteiger partial charge in [0.15, 0.2) is 9.76 Å². The van der Waals surface area contributed by atoms with E-state index in [2.05, 4.69) is 11.8 Å². The molecule has 1 rings (SSSR count). The van der Waals surface area contributed by atoms with Crippen LogP contribution in [0.3, 0.4) is 0 Å². The minimum absolute atomic E-state index is 0.339. The minimum atomic E-state index is -0.339. The molecule has 4 heteroatoms. The molecule has 12 heavy (non-hydrogen) atoms. The van der Waals surface area contributed by atoms with Gasteiger partial charge in [-0.2, -0.15) is 0 Å². The highest BCUT2D eigenvalue weighted by molar-refractivity contribution is 6.29. The maximum atomic E-state index is 5.31. The van der Waals surface area contributed by atoms with E-state index in [0.717, 1.165) is 32.0 Å². The van der Waals surface area contributed by atoms with Gasteiger partial charge in [-0.25, -0.2) is 0 Å². The van der Waals surface area contributed by atoms with E-state index in [1.54, 1.807) is 0 Å². The lowest BCUT2D eigenvalue weighted by molar-refractivity contribution is 0.0282. The van der Waals surface area contributed by atoms with Gasteiger partial charge in [0.05, 0.1) is 13.2 Å². The van der Waals surface area contributed by atoms with Gasteiger partial charge in [0, 0.05) is 25.9 Å². The van der Waals surface area contributed by atoms with Gasteiger partial charge in [-0.3, -0.25) is 4.90 Å². The molecule has 1 saturated heterocycles. The summed E-state index contributed by atoms with van der Waals surface area (Å²) in [6, 6.07) is 0. The molecular weight excluding hydrogens is 170 g/mol. The molecule has 0 spiro atoms. The van der Waals surface area contributed by atoms with Crippen LogP contribution in [0.2, 0.25) is 0 Å². The molecule has 0 N–H and O–H groups in total. The van der Waals surface area contributed by atoms with Crippen molar-refractivity contribution >= 4 is 9.76 Å². The van der Waals surface area contributed by atoms with Crippen LogP contribution in [0.5, 0.6) is 0 Å². The van der Waals surface area contributed by atoms with Crippen LogP contribution in [0.15, 0.2) is 0 Å². The molecule has 1 heterocycles. The summed E-state index contributed by atoms with van der Waals surface area (Å²) in [5.41, 5.74) is 0.721. The fourth-order valence-electron chi connectivity index (χ4n) is 1.62. The van der Waals surface area contributed by atoms with Gasteiger partial charge >= 0.3 is 0 Å². The molecule has 0 radical (unpaired) electrons. The second kappa shape index (κ2) is 5.69. The van der Waals surface area contributed by atoms with Crippen LogP contribution in [-0.4, -0.2) is 53.7 Å². The molecule has 1 atom stereocenters. The number of ether oxygens (including phenoxy) is 1. The lowest BCUT2D eigenvalue weighted by Crippen LogP contribution is -2.46. The summed E-state index contributed by atoms with van der Waals surface area (Å²) in [6.45, 7) is 6.22. The van der Waals surface area contributed by atoms with Crippen LogP contribution in [0.1, 0.15) is 13.3 Å². The number of hydrogen-bond donors (Lipinski definition) is 0. The van der Waals surface area contributed by atoms with Crippen molar-refractivity contribution in [3.63, 3.8) is 0 Å². The van der Waals surface area contributed by atoms with E-state index in [0.29, 0.717) is 0 Å². The standard InChI is InChI=1S/C8H19NO2Si/c1-3-8(12-10-2)9-4-6-11-7-5-9/h8H,3-7,12H2,1-2H3. The fourth-order valence-corrected chi connectivity index (χ4v) is 2.81. The van der Waals surface area contributed by atoms with E-state index < -0.39 is 0 Å². The van der Waals surface area contributed by atoms with Crippen molar-refractivity contribution in [1.82, 2.24) is 4.90 Å². The molecule has 0 bridgehead atoms. The minimum Gasteiger partial charge on any atom is -0.426 e. The SMILES string of the molecule is CCC([SiH2]OC)N1CCOCC1. The summed E-state index contributed by atoms with van der Waals surface area (Å²) in [7, 11) is 1.49. The number of nitrogens with zero attached hydrogens (tertiary/aromatic N) is 1. The van der Waals surface area contributed by atoms with Gasteiger partial charge in [0.2, 0.25) is 0 Å². The molecule has 0 amide bonds. The van der Waals surface area contributed by atoms with Gasteiger partial charge < -0.3 is 9.16 Å². The molecule has 1 aliphatic heterocycles. The Labute approximate surface area is 77.0 Å². The number of rotatable bonds is 4. The van der Waals surface area contributed by atoms with Crippen LogP contribution < -0.4 is 0 Å². The first-order valence-corrected chi connectivity index (χ1v) is 6.08. The van der Waals surface area contributed by atoms with Crippen molar-refractivity contribution in [3.8, 4) is 0 Å². The molecule has 0 aromatic carbocycles. The zero-order chi connectivity index (χ0) is 8.81. The predicted octanol–water partition coefficient (Wildman–Crippen LogP) is -0.215. The van der Waals surface area contributed by atoms with Gasteiger partial charge in [0.25, 0.3) is 0 Å². The van der Waals surface area contributed by atoms with E-state index in [1.165, 1.54) is 6.42 Å². The maximum Gasteiger partial charge on any atom is 0.177 e. The Morgan fingerprint density at radius 3 is 2.67 bits per heavy atom. The lowest BCUT2D eigenvalue weighted by atomic mass is 10.3. The van der Waals surface area contributed by atoms with Crippen molar-refractivity contribution in [1.29, 1.82) is 0 Å². The highest BCUT2D eigenvalue weighted by Gasteiger charge is 2.19. The van der Waals surface area contributed by atoms with Gasteiger partial charge in [-0.15, -0.1) is 0 Å². The number of hydrogen-bond acceptors (Lipinski definition) is 3. The maximum absolute atomic E-state index is 5.31. The topological polar surface area (TPSA) is 21.7 Å². The Morgan fingerprint density at radius 2 is 2.17 bits per heavy atom. The fraction of sp³-hybridized carbons (Fsp3) is 1.00. The van der Waals surface area contributed by atoms with E-state index >= 15 is 0 Å². The van der Waals surface area contributed by atoms with E-state index in [4.69, 9.17) is 9.16 Å². The summed E-state index contributed by atoms with van der Waals surface area (Å²) in [5, 5.41) is 0. The average molecular weight is 189 g/mol. The Hall–Kier alpha value is 0.0969. The quantitative estimate of drug-likeness (QED) is 0.571. The van der Waals surface area contributed by atoms with Crippen molar-refractivity contribution in [2.24, 2.45) is 0 Å². The lowest BCUT2D eigenvalue weighted by Gasteiger charge is -2.33. The molecule has 72 valence electrons. The smallest absolute Gasteiger partial charge is 0.177 e. The largest absolute Gasteiger partial charge is 0.426 e. The van der Waals surface area contributed by atoms with Crippen LogP contribution in [0.4, 0.5) is 0 Å². The molecule has 1 unspecified atom stereocenters. The van der Waals surface area contributed by atoms with Crippen LogP contribution in [0, 0.1) is 0 Å². The van der Waals surface area contributed by atoms with Crippen LogP contribution >= 0.6 is 0 Å². The van der Waals surface area contributed by atoms with E-state index in [1.807, 2.05) is 7.11 Å². The van der Waals surface area contributed by atoms with Gasteiger partial charge in [-0.05, 0) is 6.42 Å². The summed E-state index contributed by atoms with van der Waals surface area (Å²) >= 11 is 0. The van der Waals surface area contributed by atoms with E-state index in [9.17, 15) is 0 Å². The molecule has 3 nitrogen and oxygen atoms in total. The third kappa shape index (κ3) is 2.86. The Bertz CT molecular complexity index is 115. The molecule has 0 aromatic heterocycles. The van der Waals surface area contributed by atoms with Gasteiger partial charge in [-0.1, -0.05) is 6.92 Å². The van der Waals surface area contributed by atoms with Crippen LogP contribution in [-0.2, 0) is 9.16 Å². The molecule has 1 aliphatic rings. The highest BCUT2D eigenvalue weighted by Crippen LogP contribution is 2.05. The Kier molecular flexibility index (Phi) is 4.83. The summed E-state index contributed by atoms with van der Waals surface area (Å²) < 4.78 is 10.6. The zero-order valence-corrected chi connectivity index (χ0v) is 9.50. The molecule has 0 saturated carbocycles. The first kappa shape index (κ1) is 10.2. The monoisotopic (exact) mass is 189 g/mol. The van der Waals surface area contributed by atoms with Crippen molar-refractivity contribution in [2.45, 2.75) is 19.0 Å². The first-order valence-electron chi connectivity index (χ1n) is 4.69. The first-order chi connectivity index (χ1) is 5.88. The molecule has 1 fully saturated rings. The second-order valence-corrected chi connectivity index (χ2v) is 5.02. The van der Waals surface area contributed by atoms with Crippen molar-refractivity contribution in [3.05, 3.63) is 0 Å². The van der Waals surface area contributed by atoms with Crippen molar-refractivity contribution < 1.29 is 9.16 Å². The summed E-state index contributed by atoms with van der Waals surface area (Å²) in [4.78, 5) is 2.51. The molecule has 0 aliphatic carbocycles. The Balaban J connectivity index is 2.29. The summed E-state index contributed by atoms with van der Waals surface area (Å²) in [5.74, 6) is 0. The molecule has 0 aromatic rings. The summed E-state index contributed by atoms with van der Waals surface area (Å²) in [6.07, 6.45) is 1.22. The average Bonchev–Trinajstić information content (AvgIpc) is 2.15. The third-order valence-electron chi connectivity index (χ3n) is 2.39. The highest BCUT2D eigenvalue weighted by atomic mass is 28.2. The van der Waals surface area contributed by atoms with Gasteiger partial charge in [0.1, 0.15) is 0 Å². The van der Waals surface area contributed by atoms with Crippen molar-refractivity contribution in [2.75, 3.05) is 33.4 Å². The van der Waals surface area contributed by atoms with E-state index in [-0.39, 0.29) is 9.76 Å².